The van der Waals surface area contributed by atoms with Gasteiger partial charge in [-0.3, -0.25) is 19.2 Å². The van der Waals surface area contributed by atoms with Crippen LogP contribution in [0.4, 0.5) is 0 Å². The molecule has 0 spiro atoms. The highest BCUT2D eigenvalue weighted by Crippen LogP contribution is 2.06. The maximum absolute atomic E-state index is 12.9. The summed E-state index contributed by atoms with van der Waals surface area (Å²) in [5.41, 5.74) is 11.3. The maximum atomic E-state index is 12.9. The summed E-state index contributed by atoms with van der Waals surface area (Å²) in [6, 6.07) is 3.57. The summed E-state index contributed by atoms with van der Waals surface area (Å²) in [4.78, 5) is 60.2. The average Bonchev–Trinajstić information content (AvgIpc) is 2.78. The third kappa shape index (κ3) is 9.89. The van der Waals surface area contributed by atoms with Crippen molar-refractivity contribution in [3.63, 3.8) is 0 Å². The Labute approximate surface area is 195 Å². The molecule has 0 bridgehead atoms. The van der Waals surface area contributed by atoms with E-state index in [0.717, 1.165) is 0 Å². The van der Waals surface area contributed by atoms with E-state index in [9.17, 15) is 29.1 Å². The van der Waals surface area contributed by atoms with Crippen LogP contribution in [0.25, 0.3) is 0 Å². The number of aliphatic hydroxyl groups excluding tert-OH is 1. The lowest BCUT2D eigenvalue weighted by Gasteiger charge is -2.25. The number of carbonyl (C=O) groups is 5. The molecule has 4 unspecified atom stereocenters. The Balaban J connectivity index is 3.08. The van der Waals surface area contributed by atoms with Crippen molar-refractivity contribution >= 4 is 42.2 Å². The van der Waals surface area contributed by atoms with Gasteiger partial charge in [0.2, 0.25) is 23.6 Å². The minimum absolute atomic E-state index is 0.0178. The van der Waals surface area contributed by atoms with E-state index in [4.69, 9.17) is 16.6 Å². The molecule has 0 radical (unpaired) electrons. The Morgan fingerprint density at radius 2 is 1.45 bits per heavy atom. The summed E-state index contributed by atoms with van der Waals surface area (Å²) in [5, 5.41) is 25.3. The molecule has 4 atom stereocenters. The van der Waals surface area contributed by atoms with Gasteiger partial charge < -0.3 is 37.6 Å². The number of rotatable bonds is 14. The molecule has 4 amide bonds. The highest BCUT2D eigenvalue weighted by Gasteiger charge is 2.30. The van der Waals surface area contributed by atoms with Crippen LogP contribution in [0.5, 0.6) is 0 Å². The molecule has 0 aliphatic carbocycles. The molecule has 0 aliphatic rings. The predicted molar refractivity (Wildman–Crippen MR) is 121 cm³/mol. The van der Waals surface area contributed by atoms with Crippen LogP contribution in [-0.4, -0.2) is 76.3 Å². The fraction of sp³-hybridized carbons (Fsp3) is 0.450. The largest absolute Gasteiger partial charge is 0.480 e. The number of hydrogen-bond donors (Lipinski definition) is 8. The molecule has 13 heteroatoms. The molecule has 1 aromatic rings. The van der Waals surface area contributed by atoms with Crippen LogP contribution in [0.3, 0.4) is 0 Å². The van der Waals surface area contributed by atoms with Crippen LogP contribution >= 0.6 is 12.6 Å². The first-order chi connectivity index (χ1) is 15.6. The first kappa shape index (κ1) is 27.9. The van der Waals surface area contributed by atoms with Crippen LogP contribution in [-0.2, 0) is 30.4 Å². The number of aliphatic carboxylic acids is 1. The first-order valence-corrected chi connectivity index (χ1v) is 10.7. The van der Waals surface area contributed by atoms with E-state index in [1.54, 1.807) is 30.3 Å². The Morgan fingerprint density at radius 3 is 1.97 bits per heavy atom. The molecule has 33 heavy (non-hydrogen) atoms. The molecule has 1 rings (SSSR count). The minimum atomic E-state index is -1.30. The molecule has 0 saturated carbocycles. The molecule has 9 N–H and O–H groups in total. The van der Waals surface area contributed by atoms with Gasteiger partial charge in [0.25, 0.3) is 0 Å². The zero-order chi connectivity index (χ0) is 25.0. The van der Waals surface area contributed by atoms with Crippen molar-refractivity contribution in [1.29, 1.82) is 0 Å². The van der Waals surface area contributed by atoms with Gasteiger partial charge >= 0.3 is 5.97 Å². The number of primary amides is 1. The van der Waals surface area contributed by atoms with E-state index >= 15 is 0 Å². The molecule has 0 saturated heterocycles. The van der Waals surface area contributed by atoms with Gasteiger partial charge in [-0.15, -0.1) is 0 Å². The Hall–Kier alpha value is -3.16. The summed E-state index contributed by atoms with van der Waals surface area (Å²) >= 11 is 3.91. The van der Waals surface area contributed by atoms with Gasteiger partial charge in [-0.1, -0.05) is 30.3 Å². The second-order valence-electron chi connectivity index (χ2n) is 7.19. The number of nitrogens with one attached hydrogen (secondary N) is 3. The minimum Gasteiger partial charge on any atom is -0.480 e. The van der Waals surface area contributed by atoms with E-state index < -0.39 is 60.4 Å². The molecule has 0 aliphatic heterocycles. The molecule has 182 valence electrons. The van der Waals surface area contributed by atoms with Crippen LogP contribution in [0.1, 0.15) is 18.4 Å². The summed E-state index contributed by atoms with van der Waals surface area (Å²) in [5.74, 6) is -4.63. The average molecular weight is 484 g/mol. The molecular weight excluding hydrogens is 454 g/mol. The topological polar surface area (TPSA) is 214 Å². The molecule has 12 nitrogen and oxygen atoms in total. The van der Waals surface area contributed by atoms with Crippen LogP contribution in [0.2, 0.25) is 0 Å². The number of aliphatic hydroxyl groups is 1. The third-order valence-electron chi connectivity index (χ3n) is 4.56. The zero-order valence-corrected chi connectivity index (χ0v) is 18.7. The third-order valence-corrected chi connectivity index (χ3v) is 4.92. The van der Waals surface area contributed by atoms with Gasteiger partial charge in [0, 0.05) is 18.6 Å². The van der Waals surface area contributed by atoms with E-state index in [1.165, 1.54) is 0 Å². The highest BCUT2D eigenvalue weighted by atomic mass is 32.1. The first-order valence-electron chi connectivity index (χ1n) is 10.0. The van der Waals surface area contributed by atoms with Crippen molar-refractivity contribution in [3.05, 3.63) is 35.9 Å². The van der Waals surface area contributed by atoms with E-state index in [0.29, 0.717) is 5.56 Å². The number of carboxylic acids is 1. The molecular formula is C20H29N5O7S. The van der Waals surface area contributed by atoms with Crippen molar-refractivity contribution in [2.75, 3.05) is 12.4 Å². The summed E-state index contributed by atoms with van der Waals surface area (Å²) in [6.45, 7) is -0.671. The van der Waals surface area contributed by atoms with Crippen molar-refractivity contribution in [1.82, 2.24) is 16.0 Å². The van der Waals surface area contributed by atoms with Gasteiger partial charge in [-0.2, -0.15) is 12.6 Å². The van der Waals surface area contributed by atoms with Crippen LogP contribution in [0.15, 0.2) is 30.3 Å². The maximum Gasteiger partial charge on any atom is 0.327 e. The molecule has 0 heterocycles. The van der Waals surface area contributed by atoms with Gasteiger partial charge in [-0.25, -0.2) is 4.79 Å². The Morgan fingerprint density at radius 1 is 0.909 bits per heavy atom. The monoisotopic (exact) mass is 483 g/mol. The van der Waals surface area contributed by atoms with Gasteiger partial charge in [0.1, 0.15) is 24.2 Å². The van der Waals surface area contributed by atoms with Crippen molar-refractivity contribution < 1.29 is 34.2 Å². The number of hydrogen-bond acceptors (Lipinski definition) is 8. The molecule has 1 aromatic carbocycles. The van der Waals surface area contributed by atoms with Crippen molar-refractivity contribution in [2.45, 2.75) is 43.4 Å². The van der Waals surface area contributed by atoms with Crippen LogP contribution < -0.4 is 27.4 Å². The number of nitrogens with two attached hydrogens (primary N) is 2. The number of amides is 4. The van der Waals surface area contributed by atoms with E-state index in [-0.39, 0.29) is 25.0 Å². The zero-order valence-electron chi connectivity index (χ0n) is 17.8. The predicted octanol–water partition coefficient (Wildman–Crippen LogP) is -2.72. The smallest absolute Gasteiger partial charge is 0.327 e. The number of benzene rings is 1. The highest BCUT2D eigenvalue weighted by molar-refractivity contribution is 7.80. The molecule has 0 fully saturated rings. The lowest BCUT2D eigenvalue weighted by molar-refractivity contribution is -0.141. The second-order valence-corrected chi connectivity index (χ2v) is 7.55. The summed E-state index contributed by atoms with van der Waals surface area (Å²) < 4.78 is 0. The van der Waals surface area contributed by atoms with Gasteiger partial charge in [-0.05, 0) is 12.0 Å². The van der Waals surface area contributed by atoms with Gasteiger partial charge in [0.05, 0.1) is 6.61 Å². The summed E-state index contributed by atoms with van der Waals surface area (Å²) in [6.07, 6.45) is -0.411. The quantitative estimate of drug-likeness (QED) is 0.130. The Kier molecular flexibility index (Phi) is 11.9. The van der Waals surface area contributed by atoms with E-state index in [1.807, 2.05) is 0 Å². The number of carbonyl (C=O) groups excluding carboxylic acids is 4. The normalized spacial score (nSPS) is 14.3. The standard InChI is InChI=1S/C20H29N5O7S/c21-12(9-26)17(28)23-13(6-7-16(22)27)18(29)24-14(8-11-4-2-1-3-5-11)19(30)25-15(10-33)20(31)32/h1-5,12-15,26,33H,6-10,21H2,(H2,22,27)(H,23,28)(H,24,29)(H,25,30)(H,31,32). The van der Waals surface area contributed by atoms with Crippen molar-refractivity contribution in [2.24, 2.45) is 11.5 Å². The van der Waals surface area contributed by atoms with Crippen LogP contribution in [0, 0.1) is 0 Å². The number of carboxylic acid groups (broad SMARTS) is 1. The van der Waals surface area contributed by atoms with E-state index in [2.05, 4.69) is 28.6 Å². The lowest BCUT2D eigenvalue weighted by Crippen LogP contribution is -2.58. The van der Waals surface area contributed by atoms with Gasteiger partial charge in [0.15, 0.2) is 0 Å². The fourth-order valence-corrected chi connectivity index (χ4v) is 2.95. The second kappa shape index (κ2) is 14.1. The number of thiol groups is 1. The Bertz CT molecular complexity index is 839. The fourth-order valence-electron chi connectivity index (χ4n) is 2.71. The SMILES string of the molecule is NC(=O)CCC(NC(=O)C(N)CO)C(=O)NC(Cc1ccccc1)C(=O)NC(CS)C(=O)O. The lowest BCUT2D eigenvalue weighted by atomic mass is 10.0. The molecule has 0 aromatic heterocycles. The summed E-state index contributed by atoms with van der Waals surface area (Å²) in [7, 11) is 0. The van der Waals surface area contributed by atoms with Crippen molar-refractivity contribution in [3.8, 4) is 0 Å².